The molecular formula is C49H60ClN5O7. The first-order valence-corrected chi connectivity index (χ1v) is 22.0. The number of ether oxygens (including phenoxy) is 4. The molecule has 1 amide bonds. The second kappa shape index (κ2) is 21.1. The molecule has 6 rings (SSSR count). The number of carboxylic acid groups (broad SMARTS) is 1. The Bertz CT molecular complexity index is 2230. The number of amides is 1. The van der Waals surface area contributed by atoms with E-state index in [9.17, 15) is 20.0 Å². The molecule has 62 heavy (non-hydrogen) atoms. The van der Waals surface area contributed by atoms with Gasteiger partial charge in [-0.05, 0) is 119 Å². The van der Waals surface area contributed by atoms with E-state index in [0.717, 1.165) is 96.4 Å². The fourth-order valence-electron chi connectivity index (χ4n) is 8.25. The van der Waals surface area contributed by atoms with Crippen molar-refractivity contribution in [2.75, 3.05) is 39.8 Å². The standard InChI is InChI=1S/C49H60ClN5O7/c1-33-37(32-61-46-26-45(60-31-36-24-35(27-51)28-52-29-36)38(25-42(46)50)30-55-20-8-7-15-43(55)47(56)57)12-9-13-40(33)41-14-10-16-44(34(41)2)59-23-11-19-54-21-17-39(18-22-54)53(6)48(58)62-49(3,4)5/h9-10,12-14,16,24-26,28-29,39,43H,7-8,11,15,17-23,30-32H2,1-6H3,(H,56,57). The smallest absolute Gasteiger partial charge is 0.410 e. The SMILES string of the molecule is Cc1c(COc2cc(OCc3cncc(C#N)c3)c(CN3CCCCC3C(=O)O)cc2Cl)cccc1-c1cccc(OCCCN2CCC(N(C)C(=O)OC(C)(C)C)CC2)c1C. The topological polar surface area (TPSA) is 138 Å². The van der Waals surface area contributed by atoms with Crippen LogP contribution in [0.25, 0.3) is 11.1 Å². The monoisotopic (exact) mass is 865 g/mol. The van der Waals surface area contributed by atoms with E-state index in [2.05, 4.69) is 41.9 Å². The van der Waals surface area contributed by atoms with E-state index in [1.807, 2.05) is 57.0 Å². The summed E-state index contributed by atoms with van der Waals surface area (Å²) in [6.07, 6.45) is 7.99. The molecule has 0 spiro atoms. The van der Waals surface area contributed by atoms with Crippen LogP contribution in [0.5, 0.6) is 17.2 Å². The molecule has 0 saturated carbocycles. The third-order valence-corrected chi connectivity index (χ3v) is 12.1. The summed E-state index contributed by atoms with van der Waals surface area (Å²) in [5.41, 5.74) is 6.71. The molecule has 13 heteroatoms. The maximum absolute atomic E-state index is 12.6. The number of benzene rings is 3. The molecule has 330 valence electrons. The molecule has 2 aliphatic rings. The number of nitriles is 1. The Morgan fingerprint density at radius 2 is 1.61 bits per heavy atom. The van der Waals surface area contributed by atoms with Crippen molar-refractivity contribution in [3.63, 3.8) is 0 Å². The van der Waals surface area contributed by atoms with Crippen molar-refractivity contribution in [2.24, 2.45) is 0 Å². The predicted molar refractivity (Wildman–Crippen MR) is 240 cm³/mol. The minimum Gasteiger partial charge on any atom is -0.493 e. The molecule has 3 aromatic carbocycles. The number of carbonyl (C=O) groups is 2. The summed E-state index contributed by atoms with van der Waals surface area (Å²) in [7, 11) is 1.84. The number of piperidine rings is 2. The highest BCUT2D eigenvalue weighted by molar-refractivity contribution is 6.32. The molecule has 3 heterocycles. The Morgan fingerprint density at radius 3 is 2.34 bits per heavy atom. The molecule has 2 aliphatic heterocycles. The van der Waals surface area contributed by atoms with Crippen LogP contribution in [0.3, 0.4) is 0 Å². The molecule has 1 aromatic heterocycles. The van der Waals surface area contributed by atoms with Gasteiger partial charge >= 0.3 is 12.1 Å². The van der Waals surface area contributed by atoms with E-state index in [-0.39, 0.29) is 25.3 Å². The summed E-state index contributed by atoms with van der Waals surface area (Å²) in [6, 6.07) is 19.4. The van der Waals surface area contributed by atoms with Crippen LogP contribution in [-0.4, -0.2) is 94.4 Å². The molecule has 4 aromatic rings. The average Bonchev–Trinajstić information content (AvgIpc) is 3.25. The Morgan fingerprint density at radius 1 is 0.887 bits per heavy atom. The molecule has 0 radical (unpaired) electrons. The highest BCUT2D eigenvalue weighted by atomic mass is 35.5. The van der Waals surface area contributed by atoms with Crippen LogP contribution < -0.4 is 14.2 Å². The highest BCUT2D eigenvalue weighted by Gasteiger charge is 2.30. The van der Waals surface area contributed by atoms with Crippen LogP contribution in [0, 0.1) is 25.2 Å². The number of rotatable bonds is 16. The minimum absolute atomic E-state index is 0.151. The number of hydrogen-bond acceptors (Lipinski definition) is 10. The van der Waals surface area contributed by atoms with Gasteiger partial charge in [0, 0.05) is 68.9 Å². The van der Waals surface area contributed by atoms with Gasteiger partial charge in [0.1, 0.15) is 48.2 Å². The van der Waals surface area contributed by atoms with Crippen molar-refractivity contribution in [2.45, 2.75) is 111 Å². The van der Waals surface area contributed by atoms with E-state index in [0.29, 0.717) is 48.2 Å². The van der Waals surface area contributed by atoms with Crippen LogP contribution in [0.2, 0.25) is 5.02 Å². The summed E-state index contributed by atoms with van der Waals surface area (Å²) in [5, 5.41) is 19.7. The van der Waals surface area contributed by atoms with Gasteiger partial charge in [0.05, 0.1) is 17.2 Å². The van der Waals surface area contributed by atoms with Gasteiger partial charge < -0.3 is 33.9 Å². The lowest BCUT2D eigenvalue weighted by molar-refractivity contribution is -0.144. The maximum Gasteiger partial charge on any atom is 0.410 e. The number of carboxylic acids is 1. The second-order valence-corrected chi connectivity index (χ2v) is 17.8. The third-order valence-electron chi connectivity index (χ3n) is 11.8. The Kier molecular flexibility index (Phi) is 15.7. The van der Waals surface area contributed by atoms with Gasteiger partial charge in [0.2, 0.25) is 0 Å². The number of halogens is 1. The summed E-state index contributed by atoms with van der Waals surface area (Å²) in [4.78, 5) is 35.0. The molecular weight excluding hydrogens is 806 g/mol. The fraction of sp³-hybridized carbons (Fsp3) is 0.469. The van der Waals surface area contributed by atoms with Crippen molar-refractivity contribution in [1.29, 1.82) is 5.26 Å². The molecule has 1 N–H and O–H groups in total. The van der Waals surface area contributed by atoms with Gasteiger partial charge in [-0.3, -0.25) is 14.7 Å². The number of aromatic nitrogens is 1. The fourth-order valence-corrected chi connectivity index (χ4v) is 8.49. The zero-order valence-electron chi connectivity index (χ0n) is 36.9. The van der Waals surface area contributed by atoms with E-state index in [4.69, 9.17) is 30.5 Å². The van der Waals surface area contributed by atoms with Crippen molar-refractivity contribution < 1.29 is 33.6 Å². The zero-order chi connectivity index (χ0) is 44.4. The lowest BCUT2D eigenvalue weighted by Crippen LogP contribution is -2.47. The first-order valence-electron chi connectivity index (χ1n) is 21.6. The molecule has 0 bridgehead atoms. The largest absolute Gasteiger partial charge is 0.493 e. The quantitative estimate of drug-likeness (QED) is 0.108. The number of pyridine rings is 1. The van der Waals surface area contributed by atoms with Crippen molar-refractivity contribution in [3.8, 4) is 34.4 Å². The highest BCUT2D eigenvalue weighted by Crippen LogP contribution is 2.37. The maximum atomic E-state index is 12.6. The van der Waals surface area contributed by atoms with Crippen LogP contribution in [0.1, 0.15) is 92.7 Å². The number of carbonyl (C=O) groups excluding carboxylic acids is 1. The molecule has 12 nitrogen and oxygen atoms in total. The third kappa shape index (κ3) is 12.2. The zero-order valence-corrected chi connectivity index (χ0v) is 37.7. The number of hydrogen-bond donors (Lipinski definition) is 1. The Balaban J connectivity index is 1.09. The van der Waals surface area contributed by atoms with Gasteiger partial charge in [-0.25, -0.2) is 4.79 Å². The second-order valence-electron chi connectivity index (χ2n) is 17.4. The van der Waals surface area contributed by atoms with Gasteiger partial charge in [-0.2, -0.15) is 5.26 Å². The molecule has 1 unspecified atom stereocenters. The number of aliphatic carboxylic acids is 1. The normalized spacial score (nSPS) is 16.3. The summed E-state index contributed by atoms with van der Waals surface area (Å²) in [6.45, 7) is 14.7. The van der Waals surface area contributed by atoms with Gasteiger partial charge in [0.25, 0.3) is 0 Å². The molecule has 1 atom stereocenters. The van der Waals surface area contributed by atoms with Crippen molar-refractivity contribution >= 4 is 23.7 Å². The predicted octanol–water partition coefficient (Wildman–Crippen LogP) is 9.59. The van der Waals surface area contributed by atoms with Crippen molar-refractivity contribution in [3.05, 3.63) is 105 Å². The summed E-state index contributed by atoms with van der Waals surface area (Å²) < 4.78 is 24.7. The van der Waals surface area contributed by atoms with Gasteiger partial charge in [0.15, 0.2) is 0 Å². The van der Waals surface area contributed by atoms with Gasteiger partial charge in [-0.1, -0.05) is 48.4 Å². The molecule has 2 fully saturated rings. The summed E-state index contributed by atoms with van der Waals surface area (Å²) >= 11 is 6.89. The number of likely N-dealkylation sites (tertiary alicyclic amines) is 2. The Hall–Kier alpha value is -5.35. The minimum atomic E-state index is -0.837. The van der Waals surface area contributed by atoms with Crippen LogP contribution in [0.4, 0.5) is 4.79 Å². The number of nitrogens with zero attached hydrogens (tertiary/aromatic N) is 5. The first kappa shape index (κ1) is 46.2. The van der Waals surface area contributed by atoms with E-state index < -0.39 is 17.6 Å². The van der Waals surface area contributed by atoms with Crippen LogP contribution in [-0.2, 0) is 29.3 Å². The molecule has 2 saturated heterocycles. The van der Waals surface area contributed by atoms with Crippen LogP contribution in [0.15, 0.2) is 67.0 Å². The molecule has 0 aliphatic carbocycles. The van der Waals surface area contributed by atoms with Gasteiger partial charge in [-0.15, -0.1) is 0 Å². The van der Waals surface area contributed by atoms with E-state index >= 15 is 0 Å². The first-order chi connectivity index (χ1) is 29.7. The van der Waals surface area contributed by atoms with Crippen LogP contribution >= 0.6 is 11.6 Å². The Labute approximate surface area is 371 Å². The average molecular weight is 866 g/mol. The van der Waals surface area contributed by atoms with Crippen molar-refractivity contribution in [1.82, 2.24) is 19.7 Å². The van der Waals surface area contributed by atoms with E-state index in [1.165, 1.54) is 6.20 Å². The summed E-state index contributed by atoms with van der Waals surface area (Å²) in [5.74, 6) is 0.981. The lowest BCUT2D eigenvalue weighted by atomic mass is 9.93. The van der Waals surface area contributed by atoms with E-state index in [1.54, 1.807) is 29.3 Å². The lowest BCUT2D eigenvalue weighted by Gasteiger charge is -2.37.